The molecule has 0 aromatic heterocycles. The molecule has 9 heteroatoms. The number of thioether (sulfide) groups is 1. The van der Waals surface area contributed by atoms with Crippen LogP contribution in [0.15, 0.2) is 46.6 Å². The van der Waals surface area contributed by atoms with Crippen molar-refractivity contribution in [1.82, 2.24) is 5.32 Å². The van der Waals surface area contributed by atoms with Crippen molar-refractivity contribution in [2.24, 2.45) is 10.2 Å². The highest BCUT2D eigenvalue weighted by molar-refractivity contribution is 8.15. The van der Waals surface area contributed by atoms with Gasteiger partial charge in [0.1, 0.15) is 0 Å². The van der Waals surface area contributed by atoms with Gasteiger partial charge in [-0.05, 0) is 41.8 Å². The summed E-state index contributed by atoms with van der Waals surface area (Å²) in [6, 6.07) is 10.8. The second kappa shape index (κ2) is 9.32. The van der Waals surface area contributed by atoms with E-state index in [1.807, 2.05) is 18.2 Å². The number of ether oxygens (including phenoxy) is 2. The van der Waals surface area contributed by atoms with Gasteiger partial charge in [-0.3, -0.25) is 4.79 Å². The number of nitrogens with one attached hydrogen (secondary N) is 1. The maximum absolute atomic E-state index is 12.2. The lowest BCUT2D eigenvalue weighted by Crippen LogP contribution is -2.26. The van der Waals surface area contributed by atoms with Crippen LogP contribution in [0.3, 0.4) is 0 Å². The van der Waals surface area contributed by atoms with Crippen molar-refractivity contribution in [3.05, 3.63) is 57.6 Å². The van der Waals surface area contributed by atoms with Crippen LogP contribution in [0.5, 0.6) is 11.5 Å². The van der Waals surface area contributed by atoms with Gasteiger partial charge in [0.15, 0.2) is 16.7 Å². The van der Waals surface area contributed by atoms with Gasteiger partial charge in [-0.1, -0.05) is 47.1 Å². The van der Waals surface area contributed by atoms with E-state index in [1.165, 1.54) is 11.8 Å². The first-order chi connectivity index (χ1) is 13.5. The normalized spacial score (nSPS) is 17.9. The van der Waals surface area contributed by atoms with Crippen molar-refractivity contribution >= 4 is 52.3 Å². The van der Waals surface area contributed by atoms with Crippen LogP contribution in [0.1, 0.15) is 11.1 Å². The number of amides is 1. The fourth-order valence-electron chi connectivity index (χ4n) is 2.57. The summed E-state index contributed by atoms with van der Waals surface area (Å²) in [7, 11) is 3.14. The summed E-state index contributed by atoms with van der Waals surface area (Å²) in [5, 5.41) is 11.9. The van der Waals surface area contributed by atoms with E-state index in [-0.39, 0.29) is 11.2 Å². The Labute approximate surface area is 176 Å². The van der Waals surface area contributed by atoms with Crippen molar-refractivity contribution in [3.63, 3.8) is 0 Å². The van der Waals surface area contributed by atoms with E-state index in [9.17, 15) is 4.79 Å². The molecule has 1 aliphatic rings. The lowest BCUT2D eigenvalue weighted by molar-refractivity contribution is -0.118. The van der Waals surface area contributed by atoms with Crippen LogP contribution >= 0.6 is 35.0 Å². The third-order valence-corrected chi connectivity index (χ3v) is 5.91. The Hall–Kier alpha value is -2.22. The topological polar surface area (TPSA) is 72.3 Å². The molecule has 2 aromatic rings. The molecular weight excluding hydrogens is 421 g/mol. The first-order valence-corrected chi connectivity index (χ1v) is 9.89. The minimum absolute atomic E-state index is 0.138. The minimum atomic E-state index is -0.342. The van der Waals surface area contributed by atoms with Crippen molar-refractivity contribution < 1.29 is 14.3 Å². The van der Waals surface area contributed by atoms with Gasteiger partial charge in [0.2, 0.25) is 5.91 Å². The zero-order valence-corrected chi connectivity index (χ0v) is 17.4. The molecule has 0 radical (unpaired) electrons. The molecule has 1 heterocycles. The molecular formula is C19H17Cl2N3O3S. The molecule has 1 unspecified atom stereocenters. The van der Waals surface area contributed by atoms with Crippen molar-refractivity contribution in [1.29, 1.82) is 0 Å². The minimum Gasteiger partial charge on any atom is -0.493 e. The Balaban J connectivity index is 1.67. The molecule has 1 atom stereocenters. The Morgan fingerprint density at radius 1 is 1.18 bits per heavy atom. The van der Waals surface area contributed by atoms with Gasteiger partial charge in [-0.25, -0.2) is 0 Å². The third kappa shape index (κ3) is 4.79. The van der Waals surface area contributed by atoms with E-state index in [0.717, 1.165) is 11.1 Å². The van der Waals surface area contributed by atoms with Gasteiger partial charge in [0.05, 0.1) is 35.7 Å². The van der Waals surface area contributed by atoms with Gasteiger partial charge in [-0.2, -0.15) is 5.10 Å². The van der Waals surface area contributed by atoms with E-state index in [2.05, 4.69) is 15.5 Å². The van der Waals surface area contributed by atoms with Crippen LogP contribution in [0.4, 0.5) is 0 Å². The zero-order valence-electron chi connectivity index (χ0n) is 15.1. The Bertz CT molecular complexity index is 950. The number of methoxy groups -OCH3 is 2. The summed E-state index contributed by atoms with van der Waals surface area (Å²) >= 11 is 13.5. The lowest BCUT2D eigenvalue weighted by atomic mass is 10.1. The molecule has 28 heavy (non-hydrogen) atoms. The van der Waals surface area contributed by atoms with E-state index in [1.54, 1.807) is 38.6 Å². The molecule has 146 valence electrons. The highest BCUT2D eigenvalue weighted by atomic mass is 35.5. The van der Waals surface area contributed by atoms with E-state index in [4.69, 9.17) is 32.7 Å². The molecule has 0 aliphatic carbocycles. The maximum Gasteiger partial charge on any atom is 0.239 e. The zero-order chi connectivity index (χ0) is 20.1. The predicted octanol–water partition coefficient (Wildman–Crippen LogP) is 4.17. The number of nitrogens with zero attached hydrogens (tertiary/aromatic N) is 2. The van der Waals surface area contributed by atoms with Gasteiger partial charge >= 0.3 is 0 Å². The van der Waals surface area contributed by atoms with Gasteiger partial charge in [0, 0.05) is 0 Å². The molecule has 1 N–H and O–H groups in total. The molecule has 2 aromatic carbocycles. The first-order valence-electron chi connectivity index (χ1n) is 8.25. The summed E-state index contributed by atoms with van der Waals surface area (Å²) in [5.41, 5.74) is 1.61. The molecule has 6 nitrogen and oxygen atoms in total. The number of amidine groups is 1. The number of carbonyl (C=O) groups is 1. The van der Waals surface area contributed by atoms with Crippen LogP contribution in [0.25, 0.3) is 0 Å². The molecule has 0 saturated carbocycles. The van der Waals surface area contributed by atoms with Crippen LogP contribution in [0.2, 0.25) is 10.0 Å². The molecule has 1 fully saturated rings. The Morgan fingerprint density at radius 3 is 2.71 bits per heavy atom. The second-order valence-corrected chi connectivity index (χ2v) is 7.75. The lowest BCUT2D eigenvalue weighted by Gasteiger charge is -2.08. The van der Waals surface area contributed by atoms with E-state index in [0.29, 0.717) is 33.1 Å². The molecule has 1 amide bonds. The van der Waals surface area contributed by atoms with Gasteiger partial charge in [0.25, 0.3) is 0 Å². The molecule has 1 aliphatic heterocycles. The quantitative estimate of drug-likeness (QED) is 0.543. The highest BCUT2D eigenvalue weighted by Crippen LogP contribution is 2.30. The van der Waals surface area contributed by atoms with Crippen molar-refractivity contribution in [3.8, 4) is 11.5 Å². The van der Waals surface area contributed by atoms with Crippen molar-refractivity contribution in [2.75, 3.05) is 14.2 Å². The Morgan fingerprint density at radius 2 is 1.96 bits per heavy atom. The Kier molecular flexibility index (Phi) is 6.83. The van der Waals surface area contributed by atoms with Crippen LogP contribution in [-0.2, 0) is 11.2 Å². The number of hydrogen-bond acceptors (Lipinski definition) is 6. The fraction of sp³-hybridized carbons (Fsp3) is 0.211. The van der Waals surface area contributed by atoms with E-state index >= 15 is 0 Å². The molecule has 0 bridgehead atoms. The second-order valence-electron chi connectivity index (χ2n) is 5.78. The van der Waals surface area contributed by atoms with Crippen LogP contribution in [0, 0.1) is 0 Å². The predicted molar refractivity (Wildman–Crippen MR) is 114 cm³/mol. The average Bonchev–Trinajstić information content (AvgIpc) is 3.04. The summed E-state index contributed by atoms with van der Waals surface area (Å²) in [6.45, 7) is 0. The molecule has 3 rings (SSSR count). The largest absolute Gasteiger partial charge is 0.493 e. The number of carbonyl (C=O) groups excluding carboxylic acids is 1. The van der Waals surface area contributed by atoms with Crippen LogP contribution in [-0.4, -0.2) is 36.8 Å². The smallest absolute Gasteiger partial charge is 0.239 e. The summed E-state index contributed by atoms with van der Waals surface area (Å²) in [4.78, 5) is 12.2. The first kappa shape index (κ1) is 20.5. The van der Waals surface area contributed by atoms with Crippen LogP contribution < -0.4 is 14.8 Å². The fourth-order valence-corrected chi connectivity index (χ4v) is 3.92. The number of hydrogen-bond donors (Lipinski definition) is 1. The van der Waals surface area contributed by atoms with Gasteiger partial charge in [-0.15, -0.1) is 5.10 Å². The summed E-state index contributed by atoms with van der Waals surface area (Å²) < 4.78 is 10.5. The summed E-state index contributed by atoms with van der Waals surface area (Å²) in [5.74, 6) is 1.09. The maximum atomic E-state index is 12.2. The van der Waals surface area contributed by atoms with Gasteiger partial charge < -0.3 is 14.8 Å². The van der Waals surface area contributed by atoms with Crippen molar-refractivity contribution in [2.45, 2.75) is 11.7 Å². The average molecular weight is 438 g/mol. The monoisotopic (exact) mass is 437 g/mol. The van der Waals surface area contributed by atoms with E-state index < -0.39 is 0 Å². The number of rotatable bonds is 6. The molecule has 1 saturated heterocycles. The molecule has 0 spiro atoms. The standard InChI is InChI=1S/C19H17Cl2N3O3S/c1-26-14-7-6-11(8-15(14)27-2)10-22-24-19-23-18(25)16(28-19)9-12-4-3-5-13(20)17(12)21/h3-8,10,16H,9H2,1-2H3,(H,23,24,25). The number of halogens is 2. The SMILES string of the molecule is COc1ccc(C=N/N=C2\NC(=O)C(Cc3cccc(Cl)c3Cl)S2)cc1OC. The highest BCUT2D eigenvalue weighted by Gasteiger charge is 2.31. The number of benzene rings is 2. The third-order valence-electron chi connectivity index (χ3n) is 3.98. The summed E-state index contributed by atoms with van der Waals surface area (Å²) in [6.07, 6.45) is 2.02.